The van der Waals surface area contributed by atoms with E-state index in [0.717, 1.165) is 26.1 Å². The molecule has 1 unspecified atom stereocenters. The zero-order chi connectivity index (χ0) is 11.7. The third-order valence-electron chi connectivity index (χ3n) is 2.51. The molecule has 4 heteroatoms. The number of carbonyl (C=O) groups is 1. The molecule has 4 nitrogen and oxygen atoms in total. The van der Waals surface area contributed by atoms with Crippen molar-refractivity contribution in [3.05, 3.63) is 0 Å². The van der Waals surface area contributed by atoms with Gasteiger partial charge in [-0.15, -0.1) is 0 Å². The maximum atomic E-state index is 11.3. The summed E-state index contributed by atoms with van der Waals surface area (Å²) in [5.41, 5.74) is 0. The molecule has 0 aromatic carbocycles. The Labute approximate surface area is 92.5 Å². The second-order valence-electron chi connectivity index (χ2n) is 3.66. The van der Waals surface area contributed by atoms with Crippen LogP contribution in [0, 0.1) is 0 Å². The van der Waals surface area contributed by atoms with E-state index in [4.69, 9.17) is 9.47 Å². The largest absolute Gasteiger partial charge is 0.385 e. The first-order valence-corrected chi connectivity index (χ1v) is 5.35. The number of methoxy groups -OCH3 is 2. The van der Waals surface area contributed by atoms with Gasteiger partial charge in [-0.05, 0) is 20.3 Å². The van der Waals surface area contributed by atoms with Crippen LogP contribution in [0.2, 0.25) is 0 Å². The van der Waals surface area contributed by atoms with Crippen molar-refractivity contribution in [2.75, 3.05) is 40.5 Å². The second-order valence-corrected chi connectivity index (χ2v) is 3.66. The van der Waals surface area contributed by atoms with E-state index in [0.29, 0.717) is 6.61 Å². The summed E-state index contributed by atoms with van der Waals surface area (Å²) in [5, 5.41) is 0. The molecular weight excluding hydrogens is 194 g/mol. The van der Waals surface area contributed by atoms with Crippen LogP contribution in [-0.4, -0.2) is 57.2 Å². The fourth-order valence-electron chi connectivity index (χ4n) is 1.38. The summed E-state index contributed by atoms with van der Waals surface area (Å²) in [7, 11) is 3.36. The van der Waals surface area contributed by atoms with E-state index in [1.54, 1.807) is 21.1 Å². The molecule has 0 rings (SSSR count). The highest BCUT2D eigenvalue weighted by Gasteiger charge is 2.16. The molecule has 0 heterocycles. The summed E-state index contributed by atoms with van der Waals surface area (Å²) < 4.78 is 10.0. The molecule has 0 radical (unpaired) electrons. The fourth-order valence-corrected chi connectivity index (χ4v) is 1.38. The first-order valence-electron chi connectivity index (χ1n) is 5.35. The Morgan fingerprint density at radius 2 is 1.80 bits per heavy atom. The average molecular weight is 217 g/mol. The van der Waals surface area contributed by atoms with Crippen LogP contribution in [0.15, 0.2) is 0 Å². The van der Waals surface area contributed by atoms with Gasteiger partial charge in [0, 0.05) is 33.9 Å². The molecule has 0 aliphatic rings. The Hall–Kier alpha value is -0.450. The molecule has 0 amide bonds. The third-order valence-corrected chi connectivity index (χ3v) is 2.51. The van der Waals surface area contributed by atoms with Crippen molar-refractivity contribution in [3.8, 4) is 0 Å². The van der Waals surface area contributed by atoms with Crippen LogP contribution in [-0.2, 0) is 14.3 Å². The summed E-state index contributed by atoms with van der Waals surface area (Å²) in [6, 6.07) is -0.0305. The van der Waals surface area contributed by atoms with Gasteiger partial charge in [0.1, 0.15) is 5.78 Å². The monoisotopic (exact) mass is 217 g/mol. The van der Waals surface area contributed by atoms with Crippen molar-refractivity contribution < 1.29 is 14.3 Å². The minimum atomic E-state index is -0.0305. The Kier molecular flexibility index (Phi) is 8.56. The lowest BCUT2D eigenvalue weighted by molar-refractivity contribution is -0.121. The van der Waals surface area contributed by atoms with E-state index in [1.165, 1.54) is 0 Å². The van der Waals surface area contributed by atoms with Gasteiger partial charge in [-0.1, -0.05) is 0 Å². The van der Waals surface area contributed by atoms with Gasteiger partial charge in [0.15, 0.2) is 0 Å². The lowest BCUT2D eigenvalue weighted by Crippen LogP contribution is -2.40. The van der Waals surface area contributed by atoms with E-state index in [1.807, 2.05) is 6.92 Å². The van der Waals surface area contributed by atoms with E-state index < -0.39 is 0 Å². The molecule has 90 valence electrons. The zero-order valence-electron chi connectivity index (χ0n) is 10.3. The average Bonchev–Trinajstić information content (AvgIpc) is 2.22. The van der Waals surface area contributed by atoms with Crippen LogP contribution in [0.1, 0.15) is 20.3 Å². The maximum absolute atomic E-state index is 11.3. The van der Waals surface area contributed by atoms with Crippen LogP contribution in [0.4, 0.5) is 0 Å². The molecule has 0 aromatic rings. The van der Waals surface area contributed by atoms with Gasteiger partial charge < -0.3 is 9.47 Å². The molecule has 1 atom stereocenters. The van der Waals surface area contributed by atoms with Gasteiger partial charge in [0.25, 0.3) is 0 Å². The molecule has 0 bridgehead atoms. The minimum Gasteiger partial charge on any atom is -0.385 e. The van der Waals surface area contributed by atoms with Gasteiger partial charge in [0.05, 0.1) is 12.6 Å². The minimum absolute atomic E-state index is 0.0305. The highest BCUT2D eigenvalue weighted by atomic mass is 16.5. The Morgan fingerprint density at radius 3 is 2.27 bits per heavy atom. The predicted molar refractivity (Wildman–Crippen MR) is 60.1 cm³/mol. The summed E-state index contributed by atoms with van der Waals surface area (Å²) >= 11 is 0. The molecule has 0 saturated heterocycles. The van der Waals surface area contributed by atoms with Gasteiger partial charge >= 0.3 is 0 Å². The number of ether oxygens (including phenoxy) is 2. The van der Waals surface area contributed by atoms with Gasteiger partial charge in [-0.3, -0.25) is 9.69 Å². The molecule has 15 heavy (non-hydrogen) atoms. The third kappa shape index (κ3) is 6.60. The molecule has 0 saturated carbocycles. The number of carbonyl (C=O) groups excluding carboxylic acids is 1. The molecular formula is C11H23NO3. The van der Waals surface area contributed by atoms with Crippen molar-refractivity contribution in [2.45, 2.75) is 26.3 Å². The van der Waals surface area contributed by atoms with E-state index in [9.17, 15) is 4.79 Å². The molecule has 0 aliphatic heterocycles. The number of Topliss-reactive ketones (excluding diaryl/α,β-unsaturated/α-hetero) is 1. The van der Waals surface area contributed by atoms with Crippen LogP contribution in [0.25, 0.3) is 0 Å². The van der Waals surface area contributed by atoms with Crippen molar-refractivity contribution in [1.82, 2.24) is 4.90 Å². The Bertz CT molecular complexity index is 173. The van der Waals surface area contributed by atoms with Crippen LogP contribution >= 0.6 is 0 Å². The summed E-state index contributed by atoms with van der Waals surface area (Å²) in [4.78, 5) is 13.4. The zero-order valence-corrected chi connectivity index (χ0v) is 10.3. The van der Waals surface area contributed by atoms with Crippen molar-refractivity contribution in [1.29, 1.82) is 0 Å². The van der Waals surface area contributed by atoms with E-state index in [2.05, 4.69) is 4.90 Å². The summed E-state index contributed by atoms with van der Waals surface area (Å²) in [6.07, 6.45) is 0.942. The molecule has 0 fully saturated rings. The lowest BCUT2D eigenvalue weighted by Gasteiger charge is -2.26. The van der Waals surface area contributed by atoms with Crippen LogP contribution < -0.4 is 0 Å². The number of rotatable bonds is 9. The first-order chi connectivity index (χ1) is 7.13. The van der Waals surface area contributed by atoms with Gasteiger partial charge in [0.2, 0.25) is 0 Å². The highest BCUT2D eigenvalue weighted by molar-refractivity contribution is 5.80. The van der Waals surface area contributed by atoms with Crippen LogP contribution in [0.5, 0.6) is 0 Å². The van der Waals surface area contributed by atoms with Crippen molar-refractivity contribution in [2.24, 2.45) is 0 Å². The number of nitrogens with zero attached hydrogens (tertiary/aromatic N) is 1. The first kappa shape index (κ1) is 14.6. The normalized spacial score (nSPS) is 13.1. The quantitative estimate of drug-likeness (QED) is 0.539. The summed E-state index contributed by atoms with van der Waals surface area (Å²) in [6.45, 7) is 6.61. The van der Waals surface area contributed by atoms with Gasteiger partial charge in [-0.25, -0.2) is 0 Å². The molecule has 0 aliphatic carbocycles. The SMILES string of the molecule is COCCCN(CCOC)C(C)C(C)=O. The summed E-state index contributed by atoms with van der Waals surface area (Å²) in [5.74, 6) is 0.198. The smallest absolute Gasteiger partial charge is 0.146 e. The topological polar surface area (TPSA) is 38.8 Å². The number of hydrogen-bond acceptors (Lipinski definition) is 4. The number of ketones is 1. The molecule has 0 spiro atoms. The molecule has 0 aromatic heterocycles. The van der Waals surface area contributed by atoms with Crippen molar-refractivity contribution >= 4 is 5.78 Å². The van der Waals surface area contributed by atoms with Crippen LogP contribution in [0.3, 0.4) is 0 Å². The predicted octanol–water partition coefficient (Wildman–Crippen LogP) is 0.949. The number of hydrogen-bond donors (Lipinski definition) is 0. The second kappa shape index (κ2) is 8.83. The van der Waals surface area contributed by atoms with E-state index >= 15 is 0 Å². The lowest BCUT2D eigenvalue weighted by atomic mass is 10.2. The highest BCUT2D eigenvalue weighted by Crippen LogP contribution is 2.02. The van der Waals surface area contributed by atoms with Crippen molar-refractivity contribution in [3.63, 3.8) is 0 Å². The Morgan fingerprint density at radius 1 is 1.20 bits per heavy atom. The fraction of sp³-hybridized carbons (Fsp3) is 0.909. The van der Waals surface area contributed by atoms with Gasteiger partial charge in [-0.2, -0.15) is 0 Å². The Balaban J connectivity index is 3.99. The maximum Gasteiger partial charge on any atom is 0.146 e. The standard InChI is InChI=1S/C11H23NO3/c1-10(11(2)13)12(7-9-15-4)6-5-8-14-3/h10H,5-9H2,1-4H3. The van der Waals surface area contributed by atoms with E-state index in [-0.39, 0.29) is 11.8 Å². The molecule has 0 N–H and O–H groups in total.